The largest absolute Gasteiger partial charge is 0.497 e. The van der Waals surface area contributed by atoms with Gasteiger partial charge in [-0.2, -0.15) is 0 Å². The third-order valence-corrected chi connectivity index (χ3v) is 3.58. The van der Waals surface area contributed by atoms with Crippen LogP contribution in [0.4, 0.5) is 0 Å². The second-order valence-electron chi connectivity index (χ2n) is 4.64. The number of imidazole rings is 1. The van der Waals surface area contributed by atoms with Gasteiger partial charge in [-0.15, -0.1) is 11.6 Å². The summed E-state index contributed by atoms with van der Waals surface area (Å²) in [5, 5.41) is 0. The van der Waals surface area contributed by atoms with Crippen LogP contribution < -0.4 is 4.74 Å². The van der Waals surface area contributed by atoms with E-state index in [0.717, 1.165) is 35.6 Å². The number of fused-ring (bicyclic) bond motifs is 1. The maximum atomic E-state index is 5.99. The van der Waals surface area contributed by atoms with Crippen molar-refractivity contribution in [3.05, 3.63) is 24.0 Å². The monoisotopic (exact) mass is 266 g/mol. The van der Waals surface area contributed by atoms with E-state index in [1.165, 1.54) is 0 Å². The zero-order valence-electron chi connectivity index (χ0n) is 11.1. The van der Waals surface area contributed by atoms with Crippen LogP contribution in [0.15, 0.2) is 18.2 Å². The van der Waals surface area contributed by atoms with Crippen molar-refractivity contribution in [1.29, 1.82) is 0 Å². The Morgan fingerprint density at radius 3 is 2.83 bits per heavy atom. The number of alkyl halides is 1. The predicted octanol–water partition coefficient (Wildman–Crippen LogP) is 3.83. The molecule has 0 amide bonds. The van der Waals surface area contributed by atoms with E-state index in [-0.39, 0.29) is 0 Å². The van der Waals surface area contributed by atoms with Gasteiger partial charge < -0.3 is 9.30 Å². The van der Waals surface area contributed by atoms with Gasteiger partial charge in [0.2, 0.25) is 0 Å². The fourth-order valence-electron chi connectivity index (χ4n) is 2.03. The first-order chi connectivity index (χ1) is 8.69. The Morgan fingerprint density at radius 1 is 1.44 bits per heavy atom. The van der Waals surface area contributed by atoms with E-state index in [9.17, 15) is 0 Å². The van der Waals surface area contributed by atoms with Crippen LogP contribution in [0.1, 0.15) is 26.1 Å². The minimum absolute atomic E-state index is 0.438. The second kappa shape index (κ2) is 5.61. The molecule has 98 valence electrons. The van der Waals surface area contributed by atoms with E-state index in [1.807, 2.05) is 12.1 Å². The molecule has 4 heteroatoms. The summed E-state index contributed by atoms with van der Waals surface area (Å²) in [4.78, 5) is 4.58. The van der Waals surface area contributed by atoms with E-state index in [2.05, 4.69) is 29.5 Å². The van der Waals surface area contributed by atoms with Crippen LogP contribution >= 0.6 is 11.6 Å². The van der Waals surface area contributed by atoms with Crippen molar-refractivity contribution in [1.82, 2.24) is 9.55 Å². The van der Waals surface area contributed by atoms with Gasteiger partial charge in [-0.1, -0.05) is 20.3 Å². The molecule has 0 aliphatic rings. The van der Waals surface area contributed by atoms with Crippen molar-refractivity contribution in [2.45, 2.75) is 32.7 Å². The number of benzene rings is 1. The standard InChI is InChI=1S/C14H19ClN2O/c1-4-10(2)9-17-13-6-5-11(18-3)7-12(13)16-14(17)8-15/h5-7,10H,4,8-9H2,1-3H3. The average Bonchev–Trinajstić information content (AvgIpc) is 2.75. The van der Waals surface area contributed by atoms with E-state index in [4.69, 9.17) is 16.3 Å². The lowest BCUT2D eigenvalue weighted by molar-refractivity contribution is 0.415. The van der Waals surface area contributed by atoms with Crippen molar-refractivity contribution >= 4 is 22.6 Å². The fraction of sp³-hybridized carbons (Fsp3) is 0.500. The molecule has 1 atom stereocenters. The minimum Gasteiger partial charge on any atom is -0.497 e. The molecule has 3 nitrogen and oxygen atoms in total. The topological polar surface area (TPSA) is 27.1 Å². The van der Waals surface area contributed by atoms with E-state index in [0.29, 0.717) is 11.8 Å². The molecule has 0 saturated heterocycles. The number of aromatic nitrogens is 2. The van der Waals surface area contributed by atoms with Gasteiger partial charge in [0.1, 0.15) is 11.6 Å². The first-order valence-corrected chi connectivity index (χ1v) is 6.82. The van der Waals surface area contributed by atoms with Crippen LogP contribution in [0.2, 0.25) is 0 Å². The van der Waals surface area contributed by atoms with Gasteiger partial charge in [0.05, 0.1) is 24.0 Å². The molecular weight excluding hydrogens is 248 g/mol. The molecule has 2 aromatic rings. The normalized spacial score (nSPS) is 12.9. The van der Waals surface area contributed by atoms with Gasteiger partial charge in [0.15, 0.2) is 0 Å². The molecule has 0 aliphatic carbocycles. The number of nitrogens with zero attached hydrogens (tertiary/aromatic N) is 2. The van der Waals surface area contributed by atoms with Crippen LogP contribution in [0.3, 0.4) is 0 Å². The summed E-state index contributed by atoms with van der Waals surface area (Å²) in [6.45, 7) is 5.40. The summed E-state index contributed by atoms with van der Waals surface area (Å²) in [6, 6.07) is 5.98. The summed E-state index contributed by atoms with van der Waals surface area (Å²) in [5.74, 6) is 2.82. The highest BCUT2D eigenvalue weighted by molar-refractivity contribution is 6.16. The van der Waals surface area contributed by atoms with Crippen LogP contribution in [0.5, 0.6) is 5.75 Å². The van der Waals surface area contributed by atoms with Gasteiger partial charge in [0.25, 0.3) is 0 Å². The lowest BCUT2D eigenvalue weighted by Gasteiger charge is -2.12. The Bertz CT molecular complexity index is 536. The summed E-state index contributed by atoms with van der Waals surface area (Å²) in [5.41, 5.74) is 2.08. The minimum atomic E-state index is 0.438. The fourth-order valence-corrected chi connectivity index (χ4v) is 2.24. The van der Waals surface area contributed by atoms with E-state index < -0.39 is 0 Å². The Hall–Kier alpha value is -1.22. The van der Waals surface area contributed by atoms with Gasteiger partial charge in [-0.3, -0.25) is 0 Å². The number of hydrogen-bond donors (Lipinski definition) is 0. The molecule has 0 fully saturated rings. The van der Waals surface area contributed by atoms with Crippen LogP contribution in [-0.2, 0) is 12.4 Å². The van der Waals surface area contributed by atoms with Gasteiger partial charge in [-0.05, 0) is 18.1 Å². The number of hydrogen-bond acceptors (Lipinski definition) is 2. The third kappa shape index (κ3) is 2.46. The first-order valence-electron chi connectivity index (χ1n) is 6.28. The molecule has 1 aromatic carbocycles. The molecule has 1 unspecified atom stereocenters. The molecule has 0 bridgehead atoms. The van der Waals surface area contributed by atoms with Crippen molar-refractivity contribution in [2.24, 2.45) is 5.92 Å². The molecule has 1 heterocycles. The zero-order chi connectivity index (χ0) is 13.1. The molecule has 1 aromatic heterocycles. The summed E-state index contributed by atoms with van der Waals surface area (Å²) < 4.78 is 7.44. The Morgan fingerprint density at radius 2 is 2.22 bits per heavy atom. The summed E-state index contributed by atoms with van der Waals surface area (Å²) in [7, 11) is 1.67. The number of rotatable bonds is 5. The number of halogens is 1. The lowest BCUT2D eigenvalue weighted by Crippen LogP contribution is -2.09. The summed E-state index contributed by atoms with van der Waals surface area (Å²) in [6.07, 6.45) is 1.15. The summed E-state index contributed by atoms with van der Waals surface area (Å²) >= 11 is 5.99. The van der Waals surface area contributed by atoms with Crippen molar-refractivity contribution in [3.63, 3.8) is 0 Å². The molecule has 0 saturated carbocycles. The van der Waals surface area contributed by atoms with Crippen LogP contribution in [-0.4, -0.2) is 16.7 Å². The number of ether oxygens (including phenoxy) is 1. The number of methoxy groups -OCH3 is 1. The quantitative estimate of drug-likeness (QED) is 0.769. The molecule has 0 N–H and O–H groups in total. The first kappa shape index (κ1) is 13.2. The Kier molecular flexibility index (Phi) is 4.12. The molecule has 0 aliphatic heterocycles. The van der Waals surface area contributed by atoms with Crippen molar-refractivity contribution < 1.29 is 4.74 Å². The van der Waals surface area contributed by atoms with Crippen LogP contribution in [0.25, 0.3) is 11.0 Å². The van der Waals surface area contributed by atoms with Crippen molar-refractivity contribution in [2.75, 3.05) is 7.11 Å². The molecule has 2 rings (SSSR count). The smallest absolute Gasteiger partial charge is 0.124 e. The van der Waals surface area contributed by atoms with Gasteiger partial charge in [-0.25, -0.2) is 4.98 Å². The average molecular weight is 267 g/mol. The van der Waals surface area contributed by atoms with Crippen LogP contribution in [0, 0.1) is 5.92 Å². The molecule has 0 spiro atoms. The van der Waals surface area contributed by atoms with E-state index >= 15 is 0 Å². The molecular formula is C14H19ClN2O. The Labute approximate surface area is 113 Å². The highest BCUT2D eigenvalue weighted by Gasteiger charge is 2.12. The predicted molar refractivity (Wildman–Crippen MR) is 75.3 cm³/mol. The SMILES string of the molecule is CCC(C)Cn1c(CCl)nc2cc(OC)ccc21. The molecule has 0 radical (unpaired) electrons. The van der Waals surface area contributed by atoms with Crippen molar-refractivity contribution in [3.8, 4) is 5.75 Å². The van der Waals surface area contributed by atoms with Gasteiger partial charge >= 0.3 is 0 Å². The maximum Gasteiger partial charge on any atom is 0.124 e. The van der Waals surface area contributed by atoms with E-state index in [1.54, 1.807) is 7.11 Å². The zero-order valence-corrected chi connectivity index (χ0v) is 11.9. The van der Waals surface area contributed by atoms with Gasteiger partial charge in [0, 0.05) is 12.6 Å². The Balaban J connectivity index is 2.48. The highest BCUT2D eigenvalue weighted by Crippen LogP contribution is 2.24. The second-order valence-corrected chi connectivity index (χ2v) is 4.91. The lowest BCUT2D eigenvalue weighted by atomic mass is 10.1. The maximum absolute atomic E-state index is 5.99. The third-order valence-electron chi connectivity index (χ3n) is 3.35. The highest BCUT2D eigenvalue weighted by atomic mass is 35.5. The molecule has 18 heavy (non-hydrogen) atoms.